The van der Waals surface area contributed by atoms with Gasteiger partial charge < -0.3 is 0 Å². The maximum Gasteiger partial charge on any atom is 0.119 e. The molecule has 0 amide bonds. The normalized spacial score (nSPS) is 13.6. The Kier molecular flexibility index (Phi) is 10.2. The Morgan fingerprint density at radius 3 is 1.25 bits per heavy atom. The highest BCUT2D eigenvalue weighted by Crippen LogP contribution is 2.50. The lowest BCUT2D eigenvalue weighted by atomic mass is 9.82. The first kappa shape index (κ1) is 41.0. The number of fused-ring (bicyclic) bond motifs is 6. The summed E-state index contributed by atoms with van der Waals surface area (Å²) in [6.45, 7) is 9.05. The van der Waals surface area contributed by atoms with Gasteiger partial charge in [0.2, 0.25) is 0 Å². The third-order valence-corrected chi connectivity index (χ3v) is 14.4. The molecule has 0 fully saturated rings. The van der Waals surface area contributed by atoms with E-state index in [0.717, 1.165) is 57.2 Å². The molecule has 0 bridgehead atoms. The van der Waals surface area contributed by atoms with Gasteiger partial charge in [-0.15, -0.1) is 0 Å². The van der Waals surface area contributed by atoms with E-state index in [1.54, 1.807) is 6.07 Å². The van der Waals surface area contributed by atoms with Gasteiger partial charge in [-0.3, -0.25) is 21.6 Å². The van der Waals surface area contributed by atoms with Crippen molar-refractivity contribution in [2.24, 2.45) is 0 Å². The Labute approximate surface area is 382 Å². The van der Waals surface area contributed by atoms with Crippen molar-refractivity contribution in [3.05, 3.63) is 215 Å². The summed E-state index contributed by atoms with van der Waals surface area (Å²) in [5, 5.41) is 37.4. The van der Waals surface area contributed by atoms with E-state index in [2.05, 4.69) is 113 Å². The molecule has 2 heterocycles. The van der Waals surface area contributed by atoms with Crippen LogP contribution in [0.5, 0.6) is 0 Å². The zero-order chi connectivity index (χ0) is 44.3. The second kappa shape index (κ2) is 16.0. The molecule has 0 aliphatic heterocycles. The van der Waals surface area contributed by atoms with E-state index in [9.17, 15) is 10.8 Å². The summed E-state index contributed by atoms with van der Waals surface area (Å²) in [6.07, 6.45) is 0. The van der Waals surface area contributed by atoms with Crippen LogP contribution >= 0.6 is 23.5 Å². The molecular formula is C56H44N6S2. The van der Waals surface area contributed by atoms with Crippen LogP contribution in [-0.2, 0) is 10.8 Å². The third kappa shape index (κ3) is 7.22. The van der Waals surface area contributed by atoms with Crippen LogP contribution < -0.4 is 0 Å². The van der Waals surface area contributed by atoms with Gasteiger partial charge in [0.25, 0.3) is 0 Å². The van der Waals surface area contributed by atoms with E-state index < -0.39 is 0 Å². The smallest absolute Gasteiger partial charge is 0.119 e. The van der Waals surface area contributed by atoms with Gasteiger partial charge in [0.05, 0.1) is 22.8 Å². The maximum absolute atomic E-state index is 9.27. The minimum Gasteiger partial charge on any atom is -0.293 e. The molecular weight excluding hydrogens is 821 g/mol. The van der Waals surface area contributed by atoms with E-state index in [0.29, 0.717) is 22.5 Å². The monoisotopic (exact) mass is 864 g/mol. The molecule has 2 aromatic heterocycles. The number of pyridine rings is 2. The highest BCUT2D eigenvalue weighted by Gasteiger charge is 2.36. The van der Waals surface area contributed by atoms with Crippen molar-refractivity contribution in [1.29, 1.82) is 21.6 Å². The molecule has 10 rings (SSSR count). The lowest BCUT2D eigenvalue weighted by Crippen LogP contribution is -2.15. The number of aromatic nitrogens is 2. The number of hydrogen-bond acceptors (Lipinski definition) is 8. The van der Waals surface area contributed by atoms with Crippen molar-refractivity contribution in [1.82, 2.24) is 9.97 Å². The number of thioether (sulfide) groups is 2. The van der Waals surface area contributed by atoms with E-state index in [4.69, 9.17) is 20.8 Å². The van der Waals surface area contributed by atoms with E-state index in [1.165, 1.54) is 44.5 Å². The van der Waals surface area contributed by atoms with Gasteiger partial charge >= 0.3 is 0 Å². The Morgan fingerprint density at radius 1 is 0.359 bits per heavy atom. The lowest BCUT2D eigenvalue weighted by molar-refractivity contribution is 0.660. The SMILES string of the molecule is CC1(C)c2ccccc2-c2ccc(-c3cccc(C(=N)SC(=N)c4cc(C(=N)SC(=N)c5cccc(-c6ccc7c(c6)C(C)(C)c6ccccc6-7)n5)cc(-c5ccccc5)c4)n3)cc21. The van der Waals surface area contributed by atoms with Gasteiger partial charge in [-0.2, -0.15) is 0 Å². The first-order chi connectivity index (χ1) is 30.9. The molecule has 0 spiro atoms. The van der Waals surface area contributed by atoms with Crippen molar-refractivity contribution in [2.45, 2.75) is 38.5 Å². The summed E-state index contributed by atoms with van der Waals surface area (Å²) < 4.78 is 0. The quantitative estimate of drug-likeness (QED) is 0.0941. The molecule has 6 aromatic carbocycles. The van der Waals surface area contributed by atoms with Gasteiger partial charge in [-0.05, 0) is 134 Å². The van der Waals surface area contributed by atoms with Gasteiger partial charge in [-0.25, -0.2) is 9.97 Å². The fourth-order valence-electron chi connectivity index (χ4n) is 9.28. The molecule has 4 N–H and O–H groups in total. The number of hydrogen-bond donors (Lipinski definition) is 4. The second-order valence-corrected chi connectivity index (χ2v) is 19.4. The summed E-state index contributed by atoms with van der Waals surface area (Å²) in [5.41, 5.74) is 17.3. The molecule has 0 atom stereocenters. The summed E-state index contributed by atoms with van der Waals surface area (Å²) in [7, 11) is 0. The molecule has 0 radical (unpaired) electrons. The highest BCUT2D eigenvalue weighted by atomic mass is 32.2. The van der Waals surface area contributed by atoms with Crippen LogP contribution in [0, 0.1) is 21.6 Å². The van der Waals surface area contributed by atoms with E-state index in [-0.39, 0.29) is 31.0 Å². The predicted octanol–water partition coefficient (Wildman–Crippen LogP) is 14.3. The van der Waals surface area contributed by atoms with Crippen LogP contribution in [0.15, 0.2) is 170 Å². The Bertz CT molecular complexity index is 3060. The van der Waals surface area contributed by atoms with Crippen LogP contribution in [0.4, 0.5) is 0 Å². The molecule has 64 heavy (non-hydrogen) atoms. The second-order valence-electron chi connectivity index (χ2n) is 17.4. The zero-order valence-electron chi connectivity index (χ0n) is 35.9. The average Bonchev–Trinajstić information content (AvgIpc) is 3.70. The van der Waals surface area contributed by atoms with Crippen molar-refractivity contribution >= 4 is 43.7 Å². The largest absolute Gasteiger partial charge is 0.293 e. The highest BCUT2D eigenvalue weighted by molar-refractivity contribution is 8.27. The zero-order valence-corrected chi connectivity index (χ0v) is 37.5. The van der Waals surface area contributed by atoms with Crippen LogP contribution in [0.25, 0.3) is 55.9 Å². The van der Waals surface area contributed by atoms with Crippen LogP contribution in [0.1, 0.15) is 72.5 Å². The van der Waals surface area contributed by atoms with Crippen molar-refractivity contribution in [3.8, 4) is 55.9 Å². The number of rotatable bonds is 7. The van der Waals surface area contributed by atoms with Gasteiger partial charge in [-0.1, -0.05) is 143 Å². The lowest BCUT2D eigenvalue weighted by Gasteiger charge is -2.21. The van der Waals surface area contributed by atoms with Crippen LogP contribution in [0.2, 0.25) is 0 Å². The predicted molar refractivity (Wildman–Crippen MR) is 269 cm³/mol. The third-order valence-electron chi connectivity index (χ3n) is 12.7. The fraction of sp³-hybridized carbons (Fsp3) is 0.107. The Morgan fingerprint density at radius 2 is 0.781 bits per heavy atom. The topological polar surface area (TPSA) is 121 Å². The first-order valence-electron chi connectivity index (χ1n) is 21.2. The van der Waals surface area contributed by atoms with Crippen molar-refractivity contribution in [3.63, 3.8) is 0 Å². The molecule has 0 unspecified atom stereocenters. The summed E-state index contributed by atoms with van der Waals surface area (Å²) >= 11 is 2.07. The first-order valence-corrected chi connectivity index (χ1v) is 22.9. The van der Waals surface area contributed by atoms with Crippen LogP contribution in [-0.4, -0.2) is 30.1 Å². The van der Waals surface area contributed by atoms with Crippen LogP contribution in [0.3, 0.4) is 0 Å². The summed E-state index contributed by atoms with van der Waals surface area (Å²) in [6, 6.07) is 57.2. The number of benzene rings is 6. The summed E-state index contributed by atoms with van der Waals surface area (Å²) in [4.78, 5) is 9.86. The molecule has 0 saturated heterocycles. The van der Waals surface area contributed by atoms with Crippen molar-refractivity contribution < 1.29 is 0 Å². The van der Waals surface area contributed by atoms with Gasteiger partial charge in [0.15, 0.2) is 0 Å². The Balaban J connectivity index is 0.886. The fourth-order valence-corrected chi connectivity index (χ4v) is 10.6. The standard InChI is InChI=1S/C56H44N6S2/c1-55(2)43-18-10-8-16-39(43)41-26-24-34(31-45(41)55)47-20-12-22-49(61-47)53(59)63-51(57)37-28-36(33-14-6-5-7-15-33)29-38(30-37)52(58)64-54(60)50-23-13-21-48(62-50)35-25-27-42-40-17-9-11-19-44(40)56(3,4)46(42)32-35/h5-32,57-60H,1-4H3. The maximum atomic E-state index is 9.27. The molecule has 2 aliphatic rings. The molecule has 8 aromatic rings. The minimum absolute atomic E-state index is 0.142. The van der Waals surface area contributed by atoms with Gasteiger partial charge in [0.1, 0.15) is 20.2 Å². The van der Waals surface area contributed by atoms with Gasteiger partial charge in [0, 0.05) is 33.1 Å². The van der Waals surface area contributed by atoms with E-state index in [1.807, 2.05) is 78.9 Å². The average molecular weight is 865 g/mol. The minimum atomic E-state index is -0.142. The number of nitrogens with zero attached hydrogens (tertiary/aromatic N) is 2. The number of nitrogens with one attached hydrogen (secondary N) is 4. The molecule has 6 nitrogen and oxygen atoms in total. The molecule has 8 heteroatoms. The van der Waals surface area contributed by atoms with E-state index >= 15 is 0 Å². The Hall–Kier alpha value is -7.00. The molecule has 310 valence electrons. The van der Waals surface area contributed by atoms with Crippen molar-refractivity contribution in [2.75, 3.05) is 0 Å². The summed E-state index contributed by atoms with van der Waals surface area (Å²) in [5.74, 6) is 0. The molecule has 0 saturated carbocycles. The molecule has 2 aliphatic carbocycles.